The summed E-state index contributed by atoms with van der Waals surface area (Å²) in [5.74, 6) is -0.954. The van der Waals surface area contributed by atoms with Gasteiger partial charge in [0.1, 0.15) is 13.2 Å². The Morgan fingerprint density at radius 3 is 0.887 bits per heavy atom. The van der Waals surface area contributed by atoms with Crippen LogP contribution in [0.2, 0.25) is 0 Å². The fourth-order valence-electron chi connectivity index (χ4n) is 7.86. The Kier molecular flexibility index (Phi) is 55.4. The Balaban J connectivity index is 4.45. The van der Waals surface area contributed by atoms with Gasteiger partial charge in [-0.1, -0.05) is 246 Å². The summed E-state index contributed by atoms with van der Waals surface area (Å²) in [4.78, 5) is 38.1. The van der Waals surface area contributed by atoms with Crippen molar-refractivity contribution in [2.45, 2.75) is 271 Å². The van der Waals surface area contributed by atoms with Crippen LogP contribution in [0.4, 0.5) is 0 Å². The maximum atomic E-state index is 12.9. The third-order valence-corrected chi connectivity index (χ3v) is 12.3. The monoisotopic (exact) mass is 985 g/mol. The second-order valence-electron chi connectivity index (χ2n) is 19.2. The summed E-state index contributed by atoms with van der Waals surface area (Å²) in [6, 6.07) is 0. The summed E-state index contributed by atoms with van der Waals surface area (Å²) < 4.78 is 16.8. The molecule has 0 aliphatic rings. The number of unbranched alkanes of at least 4 members (excludes halogenated alkanes) is 23. The highest BCUT2D eigenvalue weighted by atomic mass is 16.6. The lowest BCUT2D eigenvalue weighted by Crippen LogP contribution is -2.30. The summed E-state index contributed by atoms with van der Waals surface area (Å²) in [7, 11) is 0. The van der Waals surface area contributed by atoms with E-state index in [-0.39, 0.29) is 31.1 Å². The fraction of sp³-hybridized carbons (Fsp3) is 0.677. The highest BCUT2D eigenvalue weighted by molar-refractivity contribution is 5.71. The quantitative estimate of drug-likeness (QED) is 0.0261. The number of carbonyl (C=O) groups is 3. The molecule has 0 fully saturated rings. The average Bonchev–Trinajstić information content (AvgIpc) is 3.37. The van der Waals surface area contributed by atoms with E-state index in [1.165, 1.54) is 103 Å². The van der Waals surface area contributed by atoms with Crippen molar-refractivity contribution in [1.29, 1.82) is 0 Å². The predicted molar refractivity (Wildman–Crippen MR) is 307 cm³/mol. The molecule has 6 nitrogen and oxygen atoms in total. The van der Waals surface area contributed by atoms with Crippen molar-refractivity contribution in [3.8, 4) is 0 Å². The first-order valence-corrected chi connectivity index (χ1v) is 29.4. The molecule has 0 aliphatic carbocycles. The van der Waals surface area contributed by atoms with Gasteiger partial charge in [-0.3, -0.25) is 14.4 Å². The van der Waals surface area contributed by atoms with Crippen LogP contribution in [0.3, 0.4) is 0 Å². The fourth-order valence-corrected chi connectivity index (χ4v) is 7.86. The van der Waals surface area contributed by atoms with Gasteiger partial charge in [-0.25, -0.2) is 0 Å². The minimum absolute atomic E-state index is 0.0973. The Morgan fingerprint density at radius 2 is 0.549 bits per heavy atom. The third-order valence-electron chi connectivity index (χ3n) is 12.3. The molecule has 0 aromatic carbocycles. The molecule has 0 aromatic heterocycles. The van der Waals surface area contributed by atoms with Gasteiger partial charge in [-0.05, 0) is 109 Å². The van der Waals surface area contributed by atoms with Gasteiger partial charge in [-0.2, -0.15) is 0 Å². The van der Waals surface area contributed by atoms with Crippen molar-refractivity contribution >= 4 is 17.9 Å². The summed E-state index contributed by atoms with van der Waals surface area (Å²) in [6.07, 6.45) is 79.4. The molecule has 0 N–H and O–H groups in total. The number of hydrogen-bond acceptors (Lipinski definition) is 6. The van der Waals surface area contributed by atoms with Crippen molar-refractivity contribution in [3.05, 3.63) is 109 Å². The maximum Gasteiger partial charge on any atom is 0.306 e. The third kappa shape index (κ3) is 56.9. The van der Waals surface area contributed by atoms with Crippen LogP contribution in [0.5, 0.6) is 0 Å². The zero-order chi connectivity index (χ0) is 51.4. The molecule has 0 aliphatic heterocycles. The molecule has 1 unspecified atom stereocenters. The first-order chi connectivity index (χ1) is 35.0. The molecule has 0 spiro atoms. The molecule has 0 bridgehead atoms. The summed E-state index contributed by atoms with van der Waals surface area (Å²) in [5.41, 5.74) is 0. The lowest BCUT2D eigenvalue weighted by molar-refractivity contribution is -0.167. The van der Waals surface area contributed by atoms with Gasteiger partial charge < -0.3 is 14.2 Å². The van der Waals surface area contributed by atoms with Gasteiger partial charge in [0.2, 0.25) is 0 Å². The molecule has 6 heteroatoms. The molecule has 1 atom stereocenters. The number of allylic oxidation sites excluding steroid dienone is 18. The number of hydrogen-bond donors (Lipinski definition) is 0. The Bertz CT molecular complexity index is 1460. The van der Waals surface area contributed by atoms with Crippen molar-refractivity contribution in [1.82, 2.24) is 0 Å². The average molecular weight is 986 g/mol. The standard InChI is InChI=1S/C65H108O6/c1-4-7-10-13-16-19-22-24-26-28-30-32-34-36-38-40-43-46-49-52-55-58-64(67)70-61-62(60-69-63(66)57-54-51-48-45-42-21-18-15-12-9-6-3)71-65(68)59-56-53-50-47-44-41-39-37-35-33-31-29-27-25-23-20-17-14-11-8-5-2/h7,10,16,19,23-26,29-32,35-38,43,46,62H,4-6,8-9,11-15,17-18,20-22,27-28,33-34,39-42,44-45,47-61H2,1-3H3/b10-7-,19-16-,25-23-,26-24-,31-29-,32-30-,37-35-,38-36-,46-43-. The summed E-state index contributed by atoms with van der Waals surface area (Å²) >= 11 is 0. The molecular weight excluding hydrogens is 877 g/mol. The molecule has 0 heterocycles. The highest BCUT2D eigenvalue weighted by Gasteiger charge is 2.19. The van der Waals surface area contributed by atoms with Crippen molar-refractivity contribution in [2.24, 2.45) is 0 Å². The number of rotatable bonds is 52. The van der Waals surface area contributed by atoms with Gasteiger partial charge in [-0.15, -0.1) is 0 Å². The van der Waals surface area contributed by atoms with Gasteiger partial charge >= 0.3 is 17.9 Å². The van der Waals surface area contributed by atoms with Gasteiger partial charge in [0.05, 0.1) is 0 Å². The number of carbonyl (C=O) groups excluding carboxylic acids is 3. The van der Waals surface area contributed by atoms with Crippen LogP contribution in [0, 0.1) is 0 Å². The second-order valence-corrected chi connectivity index (χ2v) is 19.2. The summed E-state index contributed by atoms with van der Waals surface area (Å²) in [5, 5.41) is 0. The first-order valence-electron chi connectivity index (χ1n) is 29.4. The highest BCUT2D eigenvalue weighted by Crippen LogP contribution is 2.14. The van der Waals surface area contributed by atoms with Crippen LogP contribution < -0.4 is 0 Å². The number of esters is 3. The zero-order valence-corrected chi connectivity index (χ0v) is 46.2. The molecule has 0 amide bonds. The molecule has 0 rings (SSSR count). The van der Waals surface area contributed by atoms with Crippen LogP contribution in [-0.2, 0) is 28.6 Å². The molecule has 0 saturated carbocycles. The Morgan fingerprint density at radius 1 is 0.296 bits per heavy atom. The Labute approximate surface area is 438 Å². The minimum atomic E-state index is -0.804. The smallest absolute Gasteiger partial charge is 0.306 e. The van der Waals surface area contributed by atoms with E-state index < -0.39 is 6.10 Å². The topological polar surface area (TPSA) is 78.9 Å². The maximum absolute atomic E-state index is 12.9. The van der Waals surface area contributed by atoms with Gasteiger partial charge in [0.25, 0.3) is 0 Å². The number of ether oxygens (including phenoxy) is 3. The molecule has 0 saturated heterocycles. The largest absolute Gasteiger partial charge is 0.462 e. The SMILES string of the molecule is CC/C=C\C/C=C\C/C=C\C/C=C\C/C=C\C/C=C\CCCCC(=O)OCC(COC(=O)CCCCCCCCCCCCC)OC(=O)CCCCCCCC/C=C\C/C=C\C/C=C\CCCCCCC. The molecule has 0 radical (unpaired) electrons. The van der Waals surface area contributed by atoms with Crippen molar-refractivity contribution < 1.29 is 28.6 Å². The van der Waals surface area contributed by atoms with E-state index in [1.807, 2.05) is 0 Å². The van der Waals surface area contributed by atoms with E-state index in [2.05, 4.69) is 130 Å². The van der Waals surface area contributed by atoms with Crippen molar-refractivity contribution in [2.75, 3.05) is 13.2 Å². The van der Waals surface area contributed by atoms with Crippen LogP contribution in [0.15, 0.2) is 109 Å². The van der Waals surface area contributed by atoms with Crippen LogP contribution in [0.25, 0.3) is 0 Å². The minimum Gasteiger partial charge on any atom is -0.462 e. The zero-order valence-electron chi connectivity index (χ0n) is 46.2. The molecule has 71 heavy (non-hydrogen) atoms. The lowest BCUT2D eigenvalue weighted by Gasteiger charge is -2.18. The normalized spacial score (nSPS) is 12.9. The van der Waals surface area contributed by atoms with E-state index in [0.29, 0.717) is 19.3 Å². The van der Waals surface area contributed by atoms with E-state index >= 15 is 0 Å². The summed E-state index contributed by atoms with van der Waals surface area (Å²) in [6.45, 7) is 6.46. The lowest BCUT2D eigenvalue weighted by atomic mass is 10.1. The second kappa shape index (κ2) is 58.6. The van der Waals surface area contributed by atoms with E-state index in [1.54, 1.807) is 0 Å². The van der Waals surface area contributed by atoms with Gasteiger partial charge in [0.15, 0.2) is 6.10 Å². The molecule has 0 aromatic rings. The van der Waals surface area contributed by atoms with E-state index in [9.17, 15) is 14.4 Å². The van der Waals surface area contributed by atoms with Crippen LogP contribution in [-0.4, -0.2) is 37.2 Å². The molecule has 404 valence electrons. The van der Waals surface area contributed by atoms with E-state index in [0.717, 1.165) is 122 Å². The van der Waals surface area contributed by atoms with Crippen LogP contribution >= 0.6 is 0 Å². The van der Waals surface area contributed by atoms with Gasteiger partial charge in [0, 0.05) is 19.3 Å². The predicted octanol–water partition coefficient (Wildman–Crippen LogP) is 19.9. The van der Waals surface area contributed by atoms with Crippen LogP contribution in [0.1, 0.15) is 265 Å². The van der Waals surface area contributed by atoms with Crippen molar-refractivity contribution in [3.63, 3.8) is 0 Å². The van der Waals surface area contributed by atoms with E-state index in [4.69, 9.17) is 14.2 Å². The Hall–Kier alpha value is -3.93. The molecular formula is C65H108O6. The first kappa shape index (κ1) is 67.1.